The van der Waals surface area contributed by atoms with Crippen LogP contribution >= 0.6 is 0 Å². The molecule has 0 aliphatic carbocycles. The molecule has 0 atom stereocenters. The minimum absolute atomic E-state index is 0.369. The highest BCUT2D eigenvalue weighted by atomic mass is 16.7. The van der Waals surface area contributed by atoms with Crippen LogP contribution in [0.25, 0.3) is 54.5 Å². The average molecular weight is 481 g/mol. The molecule has 0 amide bonds. The van der Waals surface area contributed by atoms with E-state index in [-0.39, 0.29) is 18.3 Å². The summed E-state index contributed by atoms with van der Waals surface area (Å²) in [5, 5.41) is 8.62. The van der Waals surface area contributed by atoms with E-state index in [1.54, 1.807) is 0 Å². The van der Waals surface area contributed by atoms with Crippen molar-refractivity contribution in [2.24, 2.45) is 0 Å². The number of fused-ring (bicyclic) bond motifs is 8. The zero-order valence-corrected chi connectivity index (χ0v) is 21.6. The fraction of sp³-hybridized carbons (Fsp3) is 0.182. The maximum Gasteiger partial charge on any atom is 0.494 e. The van der Waals surface area contributed by atoms with E-state index in [1.165, 1.54) is 37.7 Å². The molecule has 1 fully saturated rings. The van der Waals surface area contributed by atoms with Crippen LogP contribution in [0.5, 0.6) is 0 Å². The topological polar surface area (TPSA) is 31.4 Å². The molecule has 0 radical (unpaired) electrons. The molecule has 1 aromatic heterocycles. The molecule has 0 bridgehead atoms. The first-order chi connectivity index (χ1) is 17.8. The summed E-state index contributed by atoms with van der Waals surface area (Å²) in [5.74, 6) is 0. The Morgan fingerprint density at radius 2 is 1.03 bits per heavy atom. The number of pyridine rings is 1. The summed E-state index contributed by atoms with van der Waals surface area (Å²) in [6, 6.07) is 34.4. The monoisotopic (exact) mass is 481 g/mol. The third kappa shape index (κ3) is 3.33. The first-order valence-corrected chi connectivity index (χ1v) is 12.9. The fourth-order valence-electron chi connectivity index (χ4n) is 5.61. The van der Waals surface area contributed by atoms with E-state index in [4.69, 9.17) is 14.3 Å². The normalized spacial score (nSPS) is 16.8. The highest BCUT2D eigenvalue weighted by Crippen LogP contribution is 2.42. The number of aromatic nitrogens is 1. The lowest BCUT2D eigenvalue weighted by molar-refractivity contribution is 0.00578. The molecule has 3 nitrogen and oxygen atoms in total. The second-order valence-electron chi connectivity index (χ2n) is 11.0. The van der Waals surface area contributed by atoms with Gasteiger partial charge in [-0.3, -0.25) is 0 Å². The van der Waals surface area contributed by atoms with Crippen LogP contribution in [0.3, 0.4) is 0 Å². The van der Waals surface area contributed by atoms with E-state index in [9.17, 15) is 0 Å². The molecule has 0 saturated carbocycles. The summed E-state index contributed by atoms with van der Waals surface area (Å²) >= 11 is 0. The van der Waals surface area contributed by atoms with E-state index in [0.29, 0.717) is 0 Å². The number of hydrogen-bond donors (Lipinski definition) is 0. The third-order valence-electron chi connectivity index (χ3n) is 8.28. The Bertz CT molecular complexity index is 1820. The molecule has 0 unspecified atom stereocenters. The first-order valence-electron chi connectivity index (χ1n) is 12.9. The van der Waals surface area contributed by atoms with E-state index < -0.39 is 0 Å². The second kappa shape index (κ2) is 7.88. The predicted octanol–water partition coefficient (Wildman–Crippen LogP) is 7.66. The standard InChI is InChI=1S/C33H28BNO2/c1-32(2)33(3,4)37-34(36-32)22-19-17-21(18-20-22)31-30-26-14-8-6-12-24(26)23-11-5-7-13-25(23)29(30)27-15-9-10-16-28(27)35-31/h5-20H,1-4H3. The van der Waals surface area contributed by atoms with Gasteiger partial charge in [-0.15, -0.1) is 0 Å². The van der Waals surface area contributed by atoms with Crippen LogP contribution in [0.15, 0.2) is 97.1 Å². The minimum Gasteiger partial charge on any atom is -0.399 e. The fourth-order valence-corrected chi connectivity index (χ4v) is 5.61. The molecule has 1 aliphatic rings. The van der Waals surface area contributed by atoms with E-state index in [1.807, 2.05) is 0 Å². The lowest BCUT2D eigenvalue weighted by Gasteiger charge is -2.32. The Morgan fingerprint density at radius 1 is 0.541 bits per heavy atom. The van der Waals surface area contributed by atoms with Crippen molar-refractivity contribution in [3.05, 3.63) is 97.1 Å². The van der Waals surface area contributed by atoms with E-state index >= 15 is 0 Å². The Hall–Kier alpha value is -3.73. The van der Waals surface area contributed by atoms with Gasteiger partial charge in [0.05, 0.1) is 22.4 Å². The Labute approximate surface area is 217 Å². The van der Waals surface area contributed by atoms with Gasteiger partial charge in [0.15, 0.2) is 0 Å². The molecule has 6 aromatic rings. The lowest BCUT2D eigenvalue weighted by atomic mass is 9.78. The third-order valence-corrected chi connectivity index (χ3v) is 8.28. The molecule has 4 heteroatoms. The molecule has 0 N–H and O–H groups in total. The van der Waals surface area contributed by atoms with Crippen molar-refractivity contribution in [3.8, 4) is 11.3 Å². The van der Waals surface area contributed by atoms with E-state index in [0.717, 1.165) is 22.2 Å². The van der Waals surface area contributed by atoms with Gasteiger partial charge in [0.1, 0.15) is 0 Å². The molecular formula is C33H28BNO2. The summed E-state index contributed by atoms with van der Waals surface area (Å²) < 4.78 is 12.6. The van der Waals surface area contributed by atoms with Crippen LogP contribution in [0.4, 0.5) is 0 Å². The molecule has 180 valence electrons. The van der Waals surface area contributed by atoms with Gasteiger partial charge in [0.25, 0.3) is 0 Å². The van der Waals surface area contributed by atoms with Crippen LogP contribution < -0.4 is 5.46 Å². The predicted molar refractivity (Wildman–Crippen MR) is 155 cm³/mol. The Balaban J connectivity index is 1.50. The lowest BCUT2D eigenvalue weighted by Crippen LogP contribution is -2.41. The molecule has 0 spiro atoms. The maximum absolute atomic E-state index is 6.29. The molecule has 1 aliphatic heterocycles. The highest BCUT2D eigenvalue weighted by molar-refractivity contribution is 6.62. The summed E-state index contributed by atoms with van der Waals surface area (Å²) in [5.41, 5.74) is 3.36. The largest absolute Gasteiger partial charge is 0.494 e. The van der Waals surface area contributed by atoms with Gasteiger partial charge in [-0.2, -0.15) is 0 Å². The first kappa shape index (κ1) is 22.5. The van der Waals surface area contributed by atoms with Gasteiger partial charge in [-0.25, -0.2) is 4.98 Å². The summed E-state index contributed by atoms with van der Waals surface area (Å²) in [7, 11) is -0.384. The van der Waals surface area contributed by atoms with Crippen molar-refractivity contribution in [3.63, 3.8) is 0 Å². The second-order valence-corrected chi connectivity index (χ2v) is 11.0. The Kier molecular flexibility index (Phi) is 4.79. The molecule has 37 heavy (non-hydrogen) atoms. The summed E-state index contributed by atoms with van der Waals surface area (Å²) in [4.78, 5) is 5.24. The maximum atomic E-state index is 6.29. The summed E-state index contributed by atoms with van der Waals surface area (Å²) in [6.07, 6.45) is 0. The minimum atomic E-state index is -0.384. The molecule has 2 heterocycles. The van der Waals surface area contributed by atoms with Crippen LogP contribution in [-0.2, 0) is 9.31 Å². The molecular weight excluding hydrogens is 453 g/mol. The zero-order chi connectivity index (χ0) is 25.4. The van der Waals surface area contributed by atoms with Crippen LogP contribution in [0.1, 0.15) is 27.7 Å². The Morgan fingerprint density at radius 3 is 1.62 bits per heavy atom. The van der Waals surface area contributed by atoms with Gasteiger partial charge in [-0.05, 0) is 60.8 Å². The number of hydrogen-bond acceptors (Lipinski definition) is 3. The van der Waals surface area contributed by atoms with Crippen LogP contribution in [0.2, 0.25) is 0 Å². The van der Waals surface area contributed by atoms with Crippen molar-refractivity contribution in [2.45, 2.75) is 38.9 Å². The number of rotatable bonds is 2. The van der Waals surface area contributed by atoms with Gasteiger partial charge in [-0.1, -0.05) is 91.0 Å². The van der Waals surface area contributed by atoms with Crippen molar-refractivity contribution in [1.82, 2.24) is 4.98 Å². The van der Waals surface area contributed by atoms with Gasteiger partial charge >= 0.3 is 7.12 Å². The van der Waals surface area contributed by atoms with Crippen molar-refractivity contribution in [1.29, 1.82) is 0 Å². The number of nitrogens with zero attached hydrogens (tertiary/aromatic N) is 1. The van der Waals surface area contributed by atoms with Gasteiger partial charge in [0.2, 0.25) is 0 Å². The van der Waals surface area contributed by atoms with Gasteiger partial charge in [0, 0.05) is 21.7 Å². The highest BCUT2D eigenvalue weighted by Gasteiger charge is 2.51. The van der Waals surface area contributed by atoms with Crippen molar-refractivity contribution >= 4 is 55.8 Å². The van der Waals surface area contributed by atoms with Crippen molar-refractivity contribution in [2.75, 3.05) is 0 Å². The zero-order valence-electron chi connectivity index (χ0n) is 21.6. The molecule has 7 rings (SSSR count). The average Bonchev–Trinajstić information content (AvgIpc) is 3.14. The SMILES string of the molecule is CC1(C)OB(c2ccc(-c3nc4ccccc4c4c5ccccc5c5ccccc5c34)cc2)OC1(C)C. The van der Waals surface area contributed by atoms with Crippen LogP contribution in [0, 0.1) is 0 Å². The summed E-state index contributed by atoms with van der Waals surface area (Å²) in [6.45, 7) is 8.34. The van der Waals surface area contributed by atoms with Crippen molar-refractivity contribution < 1.29 is 9.31 Å². The molecule has 5 aromatic carbocycles. The smallest absolute Gasteiger partial charge is 0.399 e. The molecule has 1 saturated heterocycles. The van der Waals surface area contributed by atoms with Crippen LogP contribution in [-0.4, -0.2) is 23.3 Å². The van der Waals surface area contributed by atoms with Gasteiger partial charge < -0.3 is 9.31 Å². The van der Waals surface area contributed by atoms with E-state index in [2.05, 4.69) is 125 Å². The quantitative estimate of drug-likeness (QED) is 0.188. The number of para-hydroxylation sites is 1. The number of benzene rings is 5.